The van der Waals surface area contributed by atoms with E-state index in [0.717, 1.165) is 16.6 Å². The second-order valence-electron chi connectivity index (χ2n) is 5.03. The molecule has 1 aromatic carbocycles. The Morgan fingerprint density at radius 1 is 1.17 bits per heavy atom. The van der Waals surface area contributed by atoms with Gasteiger partial charge in [-0.3, -0.25) is 0 Å². The van der Waals surface area contributed by atoms with Crippen molar-refractivity contribution in [3.8, 4) is 11.6 Å². The van der Waals surface area contributed by atoms with Gasteiger partial charge in [0.2, 0.25) is 11.8 Å². The Bertz CT molecular complexity index is 946. The minimum absolute atomic E-state index is 0.578. The zero-order valence-corrected chi connectivity index (χ0v) is 12.6. The predicted octanol–water partition coefficient (Wildman–Crippen LogP) is 2.60. The van der Waals surface area contributed by atoms with Crippen LogP contribution < -0.4 is 5.32 Å². The standard InChI is InChI=1S/C16H15N5O2/c1-22-10-8-17-16-18-12-6-3-2-5-11(12)14-19-20-15(21(14)16)13-7-4-9-23-13/h2-7,9H,8,10H2,1H3,(H,17,18). The van der Waals surface area contributed by atoms with E-state index in [4.69, 9.17) is 14.1 Å². The van der Waals surface area contributed by atoms with E-state index in [2.05, 4.69) is 15.5 Å². The van der Waals surface area contributed by atoms with Crippen LogP contribution in [-0.2, 0) is 4.74 Å². The van der Waals surface area contributed by atoms with Gasteiger partial charge in [0.25, 0.3) is 0 Å². The number of hydrogen-bond donors (Lipinski definition) is 1. The average molecular weight is 309 g/mol. The molecular formula is C16H15N5O2. The fourth-order valence-corrected chi connectivity index (χ4v) is 2.53. The largest absolute Gasteiger partial charge is 0.461 e. The van der Waals surface area contributed by atoms with E-state index < -0.39 is 0 Å². The molecule has 0 unspecified atom stereocenters. The molecule has 1 N–H and O–H groups in total. The van der Waals surface area contributed by atoms with Crippen LogP contribution in [0.2, 0.25) is 0 Å². The van der Waals surface area contributed by atoms with Crippen molar-refractivity contribution in [3.05, 3.63) is 42.7 Å². The Hall–Kier alpha value is -2.93. The SMILES string of the molecule is COCCNc1nc2ccccc2c2nnc(-c3ccco3)n12. The Kier molecular flexibility index (Phi) is 3.39. The monoisotopic (exact) mass is 309 g/mol. The summed E-state index contributed by atoms with van der Waals surface area (Å²) in [6.45, 7) is 1.21. The third-order valence-corrected chi connectivity index (χ3v) is 3.58. The summed E-state index contributed by atoms with van der Waals surface area (Å²) in [5.41, 5.74) is 1.60. The van der Waals surface area contributed by atoms with Crippen LogP contribution in [0.5, 0.6) is 0 Å². The predicted molar refractivity (Wildman–Crippen MR) is 86.4 cm³/mol. The molecule has 3 heterocycles. The third kappa shape index (κ3) is 2.31. The molecule has 0 saturated carbocycles. The number of fused-ring (bicyclic) bond motifs is 3. The average Bonchev–Trinajstić information content (AvgIpc) is 3.24. The highest BCUT2D eigenvalue weighted by atomic mass is 16.5. The van der Waals surface area contributed by atoms with Crippen LogP contribution in [0.25, 0.3) is 28.1 Å². The van der Waals surface area contributed by atoms with Crippen LogP contribution in [0.3, 0.4) is 0 Å². The minimum Gasteiger partial charge on any atom is -0.461 e. The summed E-state index contributed by atoms with van der Waals surface area (Å²) >= 11 is 0. The molecule has 4 aromatic rings. The molecule has 0 radical (unpaired) electrons. The van der Waals surface area contributed by atoms with E-state index >= 15 is 0 Å². The van der Waals surface area contributed by atoms with Crippen molar-refractivity contribution in [2.75, 3.05) is 25.6 Å². The maximum absolute atomic E-state index is 5.48. The van der Waals surface area contributed by atoms with Gasteiger partial charge in [0.15, 0.2) is 11.4 Å². The number of aromatic nitrogens is 4. The second kappa shape index (κ2) is 5.69. The molecule has 7 nitrogen and oxygen atoms in total. The van der Waals surface area contributed by atoms with Crippen molar-refractivity contribution in [1.82, 2.24) is 19.6 Å². The van der Waals surface area contributed by atoms with Crippen molar-refractivity contribution < 1.29 is 9.15 Å². The number of ether oxygens (including phenoxy) is 1. The van der Waals surface area contributed by atoms with Crippen LogP contribution in [-0.4, -0.2) is 39.8 Å². The molecule has 0 aliphatic carbocycles. The van der Waals surface area contributed by atoms with E-state index in [1.54, 1.807) is 13.4 Å². The van der Waals surface area contributed by atoms with Crippen LogP contribution in [0.15, 0.2) is 47.1 Å². The van der Waals surface area contributed by atoms with Crippen LogP contribution in [0.1, 0.15) is 0 Å². The van der Waals surface area contributed by atoms with E-state index in [9.17, 15) is 0 Å². The number of anilines is 1. The molecular weight excluding hydrogens is 294 g/mol. The number of benzene rings is 1. The third-order valence-electron chi connectivity index (χ3n) is 3.58. The Morgan fingerprint density at radius 3 is 2.91 bits per heavy atom. The Labute approximate surface area is 131 Å². The van der Waals surface area contributed by atoms with Gasteiger partial charge in [-0.05, 0) is 24.3 Å². The normalized spacial score (nSPS) is 11.3. The highest BCUT2D eigenvalue weighted by molar-refractivity contribution is 5.93. The lowest BCUT2D eigenvalue weighted by Gasteiger charge is -2.10. The first-order valence-electron chi connectivity index (χ1n) is 7.29. The molecule has 7 heteroatoms. The summed E-state index contributed by atoms with van der Waals surface area (Å²) in [5.74, 6) is 1.92. The van der Waals surface area contributed by atoms with E-state index in [-0.39, 0.29) is 0 Å². The first-order chi connectivity index (χ1) is 11.4. The first kappa shape index (κ1) is 13.7. The van der Waals surface area contributed by atoms with Crippen molar-refractivity contribution in [2.24, 2.45) is 0 Å². The maximum atomic E-state index is 5.48. The van der Waals surface area contributed by atoms with Crippen molar-refractivity contribution in [3.63, 3.8) is 0 Å². The van der Waals surface area contributed by atoms with Crippen LogP contribution in [0.4, 0.5) is 5.95 Å². The molecule has 0 atom stereocenters. The lowest BCUT2D eigenvalue weighted by molar-refractivity contribution is 0.210. The smallest absolute Gasteiger partial charge is 0.211 e. The molecule has 0 aliphatic heterocycles. The van der Waals surface area contributed by atoms with Gasteiger partial charge in [0.05, 0.1) is 18.4 Å². The quantitative estimate of drug-likeness (QED) is 0.571. The summed E-state index contributed by atoms with van der Waals surface area (Å²) < 4.78 is 12.4. The zero-order chi connectivity index (χ0) is 15.6. The fourth-order valence-electron chi connectivity index (χ4n) is 2.53. The highest BCUT2D eigenvalue weighted by Crippen LogP contribution is 2.26. The summed E-state index contributed by atoms with van der Waals surface area (Å²) in [6, 6.07) is 11.5. The van der Waals surface area contributed by atoms with Gasteiger partial charge in [-0.25, -0.2) is 9.38 Å². The number of nitrogens with zero attached hydrogens (tertiary/aromatic N) is 4. The topological polar surface area (TPSA) is 77.5 Å². The first-order valence-corrected chi connectivity index (χ1v) is 7.29. The summed E-state index contributed by atoms with van der Waals surface area (Å²) in [7, 11) is 1.66. The highest BCUT2D eigenvalue weighted by Gasteiger charge is 2.17. The van der Waals surface area contributed by atoms with Gasteiger partial charge in [-0.15, -0.1) is 10.2 Å². The Morgan fingerprint density at radius 2 is 2.09 bits per heavy atom. The van der Waals surface area contributed by atoms with Crippen molar-refractivity contribution >= 4 is 22.5 Å². The summed E-state index contributed by atoms with van der Waals surface area (Å²) in [5, 5.41) is 12.8. The van der Waals surface area contributed by atoms with Crippen LogP contribution >= 0.6 is 0 Å². The van der Waals surface area contributed by atoms with Gasteiger partial charge in [0, 0.05) is 19.0 Å². The minimum atomic E-state index is 0.578. The van der Waals surface area contributed by atoms with E-state index in [0.29, 0.717) is 30.7 Å². The van der Waals surface area contributed by atoms with Gasteiger partial charge < -0.3 is 14.5 Å². The molecule has 116 valence electrons. The Balaban J connectivity index is 1.96. The number of para-hydroxylation sites is 1. The molecule has 0 amide bonds. The zero-order valence-electron chi connectivity index (χ0n) is 12.6. The molecule has 0 aliphatic rings. The second-order valence-corrected chi connectivity index (χ2v) is 5.03. The van der Waals surface area contributed by atoms with Gasteiger partial charge >= 0.3 is 0 Å². The van der Waals surface area contributed by atoms with Crippen LogP contribution in [0, 0.1) is 0 Å². The van der Waals surface area contributed by atoms with E-state index in [1.807, 2.05) is 40.8 Å². The number of furan rings is 1. The molecule has 3 aromatic heterocycles. The molecule has 0 bridgehead atoms. The number of methoxy groups -OCH3 is 1. The van der Waals surface area contributed by atoms with E-state index in [1.165, 1.54) is 0 Å². The fraction of sp³-hybridized carbons (Fsp3) is 0.188. The molecule has 0 fully saturated rings. The van der Waals surface area contributed by atoms with Gasteiger partial charge in [-0.1, -0.05) is 12.1 Å². The van der Waals surface area contributed by atoms with Gasteiger partial charge in [0.1, 0.15) is 0 Å². The van der Waals surface area contributed by atoms with Crippen molar-refractivity contribution in [1.29, 1.82) is 0 Å². The summed E-state index contributed by atoms with van der Waals surface area (Å²) in [4.78, 5) is 4.69. The number of hydrogen-bond acceptors (Lipinski definition) is 6. The molecule has 4 rings (SSSR count). The number of rotatable bonds is 5. The lowest BCUT2D eigenvalue weighted by Crippen LogP contribution is -2.12. The molecule has 0 spiro atoms. The van der Waals surface area contributed by atoms with Crippen molar-refractivity contribution in [2.45, 2.75) is 0 Å². The molecule has 0 saturated heterocycles. The summed E-state index contributed by atoms with van der Waals surface area (Å²) in [6.07, 6.45) is 1.61. The van der Waals surface area contributed by atoms with Gasteiger partial charge in [-0.2, -0.15) is 0 Å². The lowest BCUT2D eigenvalue weighted by atomic mass is 10.2. The molecule has 23 heavy (non-hydrogen) atoms. The number of nitrogens with one attached hydrogen (secondary N) is 1. The maximum Gasteiger partial charge on any atom is 0.211 e.